The summed E-state index contributed by atoms with van der Waals surface area (Å²) in [6.45, 7) is 11.9. The molecule has 0 amide bonds. The maximum atomic E-state index is 6.08. The Kier molecular flexibility index (Phi) is 9.77. The Labute approximate surface area is 180 Å². The smallest absolute Gasteiger partial charge is 0.142 e. The molecule has 4 N–H and O–H groups in total. The van der Waals surface area contributed by atoms with Crippen LogP contribution in [-0.2, 0) is 9.47 Å². The molecule has 0 fully saturated rings. The van der Waals surface area contributed by atoms with Crippen LogP contribution < -0.4 is 20.9 Å². The number of nitrogen functional groups attached to an aromatic ring is 2. The lowest BCUT2D eigenvalue weighted by Crippen LogP contribution is -2.11. The fraction of sp³-hybridized carbons (Fsp3) is 0.500. The zero-order valence-electron chi connectivity index (χ0n) is 18.6. The van der Waals surface area contributed by atoms with Gasteiger partial charge in [0.1, 0.15) is 24.7 Å². The first kappa shape index (κ1) is 23.8. The summed E-state index contributed by atoms with van der Waals surface area (Å²) < 4.78 is 22.8. The molecule has 0 atom stereocenters. The fourth-order valence-electron chi connectivity index (χ4n) is 2.74. The van der Waals surface area contributed by atoms with Crippen LogP contribution in [0.2, 0.25) is 0 Å². The molecule has 2 aromatic rings. The number of hydrogen-bond donors (Lipinski definition) is 2. The zero-order valence-corrected chi connectivity index (χ0v) is 18.6. The fourth-order valence-corrected chi connectivity index (χ4v) is 2.74. The molecule has 0 radical (unpaired) electrons. The monoisotopic (exact) mass is 416 g/mol. The minimum Gasteiger partial charge on any atom is -0.489 e. The van der Waals surface area contributed by atoms with Gasteiger partial charge >= 0.3 is 0 Å². The van der Waals surface area contributed by atoms with Crippen molar-refractivity contribution in [2.75, 3.05) is 51.1 Å². The van der Waals surface area contributed by atoms with Gasteiger partial charge in [0.05, 0.1) is 24.6 Å². The van der Waals surface area contributed by atoms with Gasteiger partial charge in [-0.05, 0) is 47.2 Å². The van der Waals surface area contributed by atoms with E-state index >= 15 is 0 Å². The summed E-state index contributed by atoms with van der Waals surface area (Å²) in [6, 6.07) is 11.5. The first-order valence-corrected chi connectivity index (χ1v) is 10.6. The van der Waals surface area contributed by atoms with Gasteiger partial charge in [0, 0.05) is 13.2 Å². The maximum absolute atomic E-state index is 6.08. The quantitative estimate of drug-likeness (QED) is 0.366. The topological polar surface area (TPSA) is 89.0 Å². The zero-order chi connectivity index (χ0) is 21.9. The second-order valence-electron chi connectivity index (χ2n) is 8.14. The van der Waals surface area contributed by atoms with Gasteiger partial charge in [0.25, 0.3) is 0 Å². The summed E-state index contributed by atoms with van der Waals surface area (Å²) in [7, 11) is 0. The number of nitrogens with two attached hydrogens (primary N) is 2. The average Bonchev–Trinajstić information content (AvgIpc) is 2.69. The molecule has 30 heavy (non-hydrogen) atoms. The van der Waals surface area contributed by atoms with Gasteiger partial charge < -0.3 is 30.4 Å². The van der Waals surface area contributed by atoms with Crippen molar-refractivity contribution in [3.63, 3.8) is 0 Å². The highest BCUT2D eigenvalue weighted by Gasteiger charge is 2.08. The van der Waals surface area contributed by atoms with Crippen LogP contribution in [0.4, 0.5) is 11.4 Å². The molecule has 0 heterocycles. The third-order valence-corrected chi connectivity index (χ3v) is 4.23. The van der Waals surface area contributed by atoms with Crippen molar-refractivity contribution in [3.8, 4) is 22.6 Å². The molecule has 0 aliphatic rings. The van der Waals surface area contributed by atoms with Crippen LogP contribution in [0.15, 0.2) is 36.4 Å². The van der Waals surface area contributed by atoms with E-state index in [0.29, 0.717) is 61.1 Å². The van der Waals surface area contributed by atoms with E-state index in [9.17, 15) is 0 Å². The van der Waals surface area contributed by atoms with Gasteiger partial charge in [0.15, 0.2) is 0 Å². The second-order valence-corrected chi connectivity index (χ2v) is 8.14. The summed E-state index contributed by atoms with van der Waals surface area (Å²) in [5, 5.41) is 0. The molecule has 0 unspecified atom stereocenters. The first-order chi connectivity index (χ1) is 14.4. The van der Waals surface area contributed by atoms with Crippen molar-refractivity contribution in [1.82, 2.24) is 0 Å². The van der Waals surface area contributed by atoms with Crippen molar-refractivity contribution in [2.45, 2.75) is 27.7 Å². The number of rotatable bonds is 13. The van der Waals surface area contributed by atoms with Crippen molar-refractivity contribution in [2.24, 2.45) is 11.8 Å². The Hall–Kier alpha value is -2.44. The number of ether oxygens (including phenoxy) is 4. The molecule has 166 valence electrons. The Bertz CT molecular complexity index is 712. The van der Waals surface area contributed by atoms with Gasteiger partial charge in [-0.2, -0.15) is 0 Å². The summed E-state index contributed by atoms with van der Waals surface area (Å²) in [6.07, 6.45) is 0. The van der Waals surface area contributed by atoms with Crippen LogP contribution in [0.3, 0.4) is 0 Å². The largest absolute Gasteiger partial charge is 0.489 e. The molecule has 6 heteroatoms. The normalized spacial score (nSPS) is 11.3. The third-order valence-electron chi connectivity index (χ3n) is 4.23. The standard InChI is InChI=1S/C24H36N2O4/c1-17(2)15-27-9-11-29-23-13-19(5-7-21(23)25)20-6-8-22(26)24(14-20)30-12-10-28-16-18(3)4/h5-8,13-14,17-18H,9-12,15-16,25-26H2,1-4H3. The highest BCUT2D eigenvalue weighted by molar-refractivity contribution is 5.73. The minimum atomic E-state index is 0.451. The van der Waals surface area contributed by atoms with Crippen LogP contribution in [0, 0.1) is 11.8 Å². The van der Waals surface area contributed by atoms with Crippen LogP contribution in [0.1, 0.15) is 27.7 Å². The molecule has 2 aromatic carbocycles. The van der Waals surface area contributed by atoms with Gasteiger partial charge in [0.2, 0.25) is 0 Å². The van der Waals surface area contributed by atoms with E-state index in [4.69, 9.17) is 30.4 Å². The SMILES string of the molecule is CC(C)COCCOc1cc(-c2ccc(N)c(OCCOCC(C)C)c2)ccc1N. The van der Waals surface area contributed by atoms with Gasteiger partial charge in [-0.15, -0.1) is 0 Å². The van der Waals surface area contributed by atoms with Crippen molar-refractivity contribution in [3.05, 3.63) is 36.4 Å². The molecule has 0 spiro atoms. The van der Waals surface area contributed by atoms with Crippen molar-refractivity contribution < 1.29 is 18.9 Å². The lowest BCUT2D eigenvalue weighted by Gasteiger charge is -2.14. The van der Waals surface area contributed by atoms with Crippen LogP contribution in [-0.4, -0.2) is 39.6 Å². The Morgan fingerprint density at radius 1 is 0.633 bits per heavy atom. The molecule has 6 nitrogen and oxygen atoms in total. The Morgan fingerprint density at radius 3 is 1.40 bits per heavy atom. The van der Waals surface area contributed by atoms with Gasteiger partial charge in [-0.25, -0.2) is 0 Å². The number of anilines is 2. The molecule has 0 saturated heterocycles. The number of benzene rings is 2. The molecular weight excluding hydrogens is 380 g/mol. The van der Waals surface area contributed by atoms with Gasteiger partial charge in [-0.3, -0.25) is 0 Å². The first-order valence-electron chi connectivity index (χ1n) is 10.6. The highest BCUT2D eigenvalue weighted by atomic mass is 16.5. The maximum Gasteiger partial charge on any atom is 0.142 e. The minimum absolute atomic E-state index is 0.451. The molecular formula is C24H36N2O4. The van der Waals surface area contributed by atoms with E-state index in [1.54, 1.807) is 0 Å². The van der Waals surface area contributed by atoms with Gasteiger partial charge in [-0.1, -0.05) is 39.8 Å². The molecule has 0 saturated carbocycles. The van der Waals surface area contributed by atoms with E-state index in [0.717, 1.165) is 24.3 Å². The predicted octanol–water partition coefficient (Wildman–Crippen LogP) is 4.62. The van der Waals surface area contributed by atoms with Crippen LogP contribution >= 0.6 is 0 Å². The summed E-state index contributed by atoms with van der Waals surface area (Å²) in [5.74, 6) is 2.29. The van der Waals surface area contributed by atoms with E-state index < -0.39 is 0 Å². The molecule has 2 rings (SSSR count). The molecule has 0 aromatic heterocycles. The summed E-state index contributed by atoms with van der Waals surface area (Å²) in [4.78, 5) is 0. The van der Waals surface area contributed by atoms with Crippen LogP contribution in [0.25, 0.3) is 11.1 Å². The van der Waals surface area contributed by atoms with Crippen LogP contribution in [0.5, 0.6) is 11.5 Å². The molecule has 0 aliphatic carbocycles. The van der Waals surface area contributed by atoms with E-state index in [2.05, 4.69) is 27.7 Å². The van der Waals surface area contributed by atoms with Crippen molar-refractivity contribution in [1.29, 1.82) is 0 Å². The molecule has 0 bridgehead atoms. The van der Waals surface area contributed by atoms with E-state index in [-0.39, 0.29) is 0 Å². The van der Waals surface area contributed by atoms with Crippen molar-refractivity contribution >= 4 is 11.4 Å². The Morgan fingerprint density at radius 2 is 1.03 bits per heavy atom. The number of hydrogen-bond acceptors (Lipinski definition) is 6. The summed E-state index contributed by atoms with van der Waals surface area (Å²) in [5.41, 5.74) is 15.3. The second kappa shape index (κ2) is 12.3. The lowest BCUT2D eigenvalue weighted by molar-refractivity contribution is 0.0821. The lowest BCUT2D eigenvalue weighted by atomic mass is 10.0. The van der Waals surface area contributed by atoms with E-state index in [1.807, 2.05) is 36.4 Å². The highest BCUT2D eigenvalue weighted by Crippen LogP contribution is 2.33. The average molecular weight is 417 g/mol. The predicted molar refractivity (Wildman–Crippen MR) is 123 cm³/mol. The van der Waals surface area contributed by atoms with E-state index in [1.165, 1.54) is 0 Å². The summed E-state index contributed by atoms with van der Waals surface area (Å²) >= 11 is 0. The third kappa shape index (κ3) is 8.13. The Balaban J connectivity index is 1.99. The molecule has 0 aliphatic heterocycles.